The van der Waals surface area contributed by atoms with E-state index in [-0.39, 0.29) is 4.90 Å². The molecule has 2 aliphatic carbocycles. The predicted octanol–water partition coefficient (Wildman–Crippen LogP) is 3.76. The minimum Gasteiger partial charge on any atom is -0.199 e. The van der Waals surface area contributed by atoms with Crippen molar-refractivity contribution in [2.24, 2.45) is 4.40 Å². The summed E-state index contributed by atoms with van der Waals surface area (Å²) in [5, 5.41) is 0. The number of allylic oxidation sites excluding steroid dienone is 10. The van der Waals surface area contributed by atoms with Gasteiger partial charge in [-0.1, -0.05) is 54.7 Å². The molecule has 0 heterocycles. The lowest BCUT2D eigenvalue weighted by Gasteiger charge is -2.08. The molecule has 3 nitrogen and oxygen atoms in total. The third kappa shape index (κ3) is 3.23. The van der Waals surface area contributed by atoms with E-state index in [1.807, 2.05) is 12.2 Å². The summed E-state index contributed by atoms with van der Waals surface area (Å²) >= 11 is 0. The van der Waals surface area contributed by atoms with Gasteiger partial charge in [0, 0.05) is 0 Å². The van der Waals surface area contributed by atoms with Gasteiger partial charge in [0.15, 0.2) is 0 Å². The van der Waals surface area contributed by atoms with Gasteiger partial charge in [-0.3, -0.25) is 0 Å². The van der Waals surface area contributed by atoms with Crippen molar-refractivity contribution in [3.8, 4) is 0 Å². The molecule has 2 aliphatic rings. The molecule has 0 aliphatic heterocycles. The van der Waals surface area contributed by atoms with Crippen molar-refractivity contribution in [2.45, 2.75) is 11.3 Å². The van der Waals surface area contributed by atoms with Crippen LogP contribution in [-0.4, -0.2) is 14.1 Å². The van der Waals surface area contributed by atoms with E-state index in [1.54, 1.807) is 42.5 Å². The van der Waals surface area contributed by atoms with Gasteiger partial charge in [-0.2, -0.15) is 12.8 Å². The molecule has 22 heavy (non-hydrogen) atoms. The van der Waals surface area contributed by atoms with Crippen molar-refractivity contribution in [1.82, 2.24) is 0 Å². The Morgan fingerprint density at radius 2 is 1.36 bits per heavy atom. The number of hydrogen-bond donors (Lipinski definition) is 0. The van der Waals surface area contributed by atoms with Crippen molar-refractivity contribution in [2.75, 3.05) is 0 Å². The first-order valence-corrected chi connectivity index (χ1v) is 8.43. The summed E-state index contributed by atoms with van der Waals surface area (Å²) in [7, 11) is -3.66. The van der Waals surface area contributed by atoms with Crippen LogP contribution in [0.1, 0.15) is 6.42 Å². The summed E-state index contributed by atoms with van der Waals surface area (Å²) in [6.07, 6.45) is 16.5. The van der Waals surface area contributed by atoms with Crippen molar-refractivity contribution in [1.29, 1.82) is 0 Å². The number of nitrogens with zero attached hydrogens (tertiary/aromatic N) is 1. The predicted molar refractivity (Wildman–Crippen MR) is 89.3 cm³/mol. The van der Waals surface area contributed by atoms with E-state index < -0.39 is 10.0 Å². The highest BCUT2D eigenvalue weighted by Gasteiger charge is 2.13. The van der Waals surface area contributed by atoms with Gasteiger partial charge < -0.3 is 0 Å². The highest BCUT2D eigenvalue weighted by atomic mass is 32.2. The highest BCUT2D eigenvalue weighted by molar-refractivity contribution is 7.90. The fourth-order valence-corrected chi connectivity index (χ4v) is 3.22. The monoisotopic (exact) mass is 309 g/mol. The van der Waals surface area contributed by atoms with E-state index in [1.165, 1.54) is 0 Å². The number of sulfonamides is 1. The molecule has 0 unspecified atom stereocenters. The molecule has 0 fully saturated rings. The summed E-state index contributed by atoms with van der Waals surface area (Å²) in [6.45, 7) is 0. The lowest BCUT2D eigenvalue weighted by Crippen LogP contribution is -2.03. The summed E-state index contributed by atoms with van der Waals surface area (Å²) in [5.74, 6) is 0. The third-order valence-corrected chi connectivity index (χ3v) is 4.65. The molecule has 0 amide bonds. The van der Waals surface area contributed by atoms with Crippen molar-refractivity contribution < 1.29 is 8.42 Å². The van der Waals surface area contributed by atoms with Gasteiger partial charge in [-0.15, -0.1) is 0 Å². The maximum atomic E-state index is 12.2. The lowest BCUT2D eigenvalue weighted by molar-refractivity contribution is 0.598. The molecule has 0 bridgehead atoms. The van der Waals surface area contributed by atoms with E-state index in [2.05, 4.69) is 28.7 Å². The van der Waals surface area contributed by atoms with Crippen LogP contribution in [0.25, 0.3) is 0 Å². The van der Waals surface area contributed by atoms with E-state index >= 15 is 0 Å². The van der Waals surface area contributed by atoms with Crippen LogP contribution in [0.4, 0.5) is 0 Å². The SMILES string of the molecule is O=S(=O)(N=C1C=CC(=C2C=CCC=C2)C=C1)c1ccccc1. The van der Waals surface area contributed by atoms with Crippen LogP contribution < -0.4 is 0 Å². The zero-order valence-corrected chi connectivity index (χ0v) is 12.7. The van der Waals surface area contributed by atoms with Crippen LogP contribution in [0.2, 0.25) is 0 Å². The first-order chi connectivity index (χ1) is 10.6. The van der Waals surface area contributed by atoms with Crippen LogP contribution in [0.15, 0.2) is 99.4 Å². The van der Waals surface area contributed by atoms with Gasteiger partial charge in [-0.05, 0) is 41.9 Å². The van der Waals surface area contributed by atoms with Gasteiger partial charge in [0.05, 0.1) is 10.6 Å². The minimum absolute atomic E-state index is 0.201. The smallest absolute Gasteiger partial charge is 0.199 e. The lowest BCUT2D eigenvalue weighted by atomic mass is 9.99. The van der Waals surface area contributed by atoms with Crippen molar-refractivity contribution in [3.05, 3.63) is 90.1 Å². The maximum absolute atomic E-state index is 12.2. The average molecular weight is 309 g/mol. The Kier molecular flexibility index (Phi) is 4.02. The first kappa shape index (κ1) is 14.5. The summed E-state index contributed by atoms with van der Waals surface area (Å²) in [5.41, 5.74) is 2.59. The van der Waals surface area contributed by atoms with E-state index in [4.69, 9.17) is 0 Å². The van der Waals surface area contributed by atoms with Crippen LogP contribution in [-0.2, 0) is 10.0 Å². The minimum atomic E-state index is -3.66. The second kappa shape index (κ2) is 6.12. The van der Waals surface area contributed by atoms with Gasteiger partial charge >= 0.3 is 0 Å². The van der Waals surface area contributed by atoms with Crippen LogP contribution in [0.5, 0.6) is 0 Å². The second-order valence-electron chi connectivity index (χ2n) is 4.92. The Balaban J connectivity index is 1.87. The van der Waals surface area contributed by atoms with E-state index in [9.17, 15) is 8.42 Å². The van der Waals surface area contributed by atoms with Gasteiger partial charge in [-0.25, -0.2) is 0 Å². The van der Waals surface area contributed by atoms with Crippen LogP contribution >= 0.6 is 0 Å². The fraction of sp³-hybridized carbons (Fsp3) is 0.0556. The second-order valence-corrected chi connectivity index (χ2v) is 6.53. The Labute approximate surface area is 130 Å². The topological polar surface area (TPSA) is 46.5 Å². The molecule has 0 N–H and O–H groups in total. The molecular weight excluding hydrogens is 294 g/mol. The Bertz CT molecular complexity index is 820. The Morgan fingerprint density at radius 1 is 0.773 bits per heavy atom. The van der Waals surface area contributed by atoms with E-state index in [0.29, 0.717) is 5.71 Å². The Hall–Kier alpha value is -2.46. The third-order valence-electron chi connectivity index (χ3n) is 3.33. The summed E-state index contributed by atoms with van der Waals surface area (Å²) in [6, 6.07) is 8.23. The number of hydrogen-bond acceptors (Lipinski definition) is 2. The fourth-order valence-electron chi connectivity index (χ4n) is 2.22. The number of benzene rings is 1. The molecule has 4 heteroatoms. The molecule has 110 valence electrons. The van der Waals surface area contributed by atoms with Gasteiger partial charge in [0.25, 0.3) is 10.0 Å². The first-order valence-electron chi connectivity index (χ1n) is 6.99. The molecule has 0 spiro atoms. The zero-order valence-electron chi connectivity index (χ0n) is 11.9. The van der Waals surface area contributed by atoms with Crippen molar-refractivity contribution >= 4 is 15.7 Å². The van der Waals surface area contributed by atoms with Crippen LogP contribution in [0, 0.1) is 0 Å². The Morgan fingerprint density at radius 3 is 2.00 bits per heavy atom. The molecular formula is C18H15NO2S. The molecule has 1 aromatic carbocycles. The summed E-state index contributed by atoms with van der Waals surface area (Å²) < 4.78 is 28.3. The normalized spacial score (nSPS) is 17.2. The summed E-state index contributed by atoms with van der Waals surface area (Å²) in [4.78, 5) is 0.201. The van der Waals surface area contributed by atoms with E-state index in [0.717, 1.165) is 17.6 Å². The molecule has 0 atom stereocenters. The van der Waals surface area contributed by atoms with Crippen molar-refractivity contribution in [3.63, 3.8) is 0 Å². The zero-order chi connectivity index (χ0) is 15.4. The maximum Gasteiger partial charge on any atom is 0.282 e. The molecule has 3 rings (SSSR count). The highest BCUT2D eigenvalue weighted by Crippen LogP contribution is 2.19. The van der Waals surface area contributed by atoms with Gasteiger partial charge in [0.2, 0.25) is 0 Å². The molecule has 0 radical (unpaired) electrons. The average Bonchev–Trinajstić information content (AvgIpc) is 2.57. The molecule has 1 aromatic rings. The number of rotatable bonds is 2. The standard InChI is InChI=1S/C18H15NO2S/c20-22(21,18-9-5-2-6-10-18)19-17-13-11-16(12-14-17)15-7-3-1-4-8-15/h2-14H,1H2. The molecule has 0 saturated heterocycles. The van der Waals surface area contributed by atoms with Crippen LogP contribution in [0.3, 0.4) is 0 Å². The molecule has 0 saturated carbocycles. The largest absolute Gasteiger partial charge is 0.282 e. The quantitative estimate of drug-likeness (QED) is 0.835. The van der Waals surface area contributed by atoms with Gasteiger partial charge in [0.1, 0.15) is 0 Å². The molecule has 0 aromatic heterocycles.